The van der Waals surface area contributed by atoms with Gasteiger partial charge >= 0.3 is 0 Å². The third-order valence-corrected chi connectivity index (χ3v) is 2.06. The maximum absolute atomic E-state index is 11.7. The summed E-state index contributed by atoms with van der Waals surface area (Å²) in [5, 5.41) is 2.78. The molecule has 1 aromatic rings. The van der Waals surface area contributed by atoms with E-state index in [0.717, 1.165) is 5.56 Å². The number of nitrogens with one attached hydrogen (secondary N) is 1. The van der Waals surface area contributed by atoms with Gasteiger partial charge in [0.25, 0.3) is 0 Å². The third kappa shape index (κ3) is 3.13. The molecule has 1 aromatic carbocycles. The summed E-state index contributed by atoms with van der Waals surface area (Å²) in [4.78, 5) is 11.7. The van der Waals surface area contributed by atoms with Crippen LogP contribution in [0, 0.1) is 6.92 Å². The van der Waals surface area contributed by atoms with Crippen molar-refractivity contribution in [3.8, 4) is 0 Å². The Kier molecular flexibility index (Phi) is 3.92. The Morgan fingerprint density at radius 2 is 1.93 bits per heavy atom. The zero-order chi connectivity index (χ0) is 11.3. The van der Waals surface area contributed by atoms with E-state index in [9.17, 15) is 4.79 Å². The molecule has 0 atom stereocenters. The molecule has 0 aliphatic carbocycles. The van der Waals surface area contributed by atoms with Gasteiger partial charge in [0.2, 0.25) is 0 Å². The molecule has 0 spiro atoms. The van der Waals surface area contributed by atoms with Crippen molar-refractivity contribution in [1.29, 1.82) is 0 Å². The molecule has 0 bridgehead atoms. The van der Waals surface area contributed by atoms with Crippen molar-refractivity contribution < 1.29 is 9.53 Å². The molecule has 0 aliphatic rings. The van der Waals surface area contributed by atoms with E-state index in [1.54, 1.807) is 19.2 Å². The van der Waals surface area contributed by atoms with Gasteiger partial charge in [-0.2, -0.15) is 0 Å². The Labute approximate surface area is 89.8 Å². The Balaban J connectivity index is 2.85. The molecule has 0 saturated heterocycles. The highest BCUT2D eigenvalue weighted by molar-refractivity contribution is 6.04. The molecular weight excluding hydrogens is 190 g/mol. The Bertz CT molecular complexity index is 360. The van der Waals surface area contributed by atoms with Crippen LogP contribution in [0.4, 0.5) is 0 Å². The monoisotopic (exact) mass is 205 g/mol. The molecule has 0 unspecified atom stereocenters. The molecule has 0 amide bonds. The van der Waals surface area contributed by atoms with Crippen LogP contribution >= 0.6 is 0 Å². The molecule has 80 valence electrons. The summed E-state index contributed by atoms with van der Waals surface area (Å²) in [5.74, 6) is 0.391. The van der Waals surface area contributed by atoms with Crippen molar-refractivity contribution in [3.05, 3.63) is 47.4 Å². The molecule has 3 heteroatoms. The van der Waals surface area contributed by atoms with Crippen LogP contribution in [0.2, 0.25) is 0 Å². The van der Waals surface area contributed by atoms with Crippen molar-refractivity contribution in [3.63, 3.8) is 0 Å². The number of ether oxygens (including phenoxy) is 1. The first-order chi connectivity index (χ1) is 7.17. The number of allylic oxidation sites excluding steroid dienone is 1. The largest absolute Gasteiger partial charge is 0.482 e. The number of hydrogen-bond acceptors (Lipinski definition) is 3. The summed E-state index contributed by atoms with van der Waals surface area (Å²) in [6.45, 7) is 1.98. The van der Waals surface area contributed by atoms with Crippen molar-refractivity contribution in [2.24, 2.45) is 0 Å². The Morgan fingerprint density at radius 1 is 1.33 bits per heavy atom. The molecule has 1 rings (SSSR count). The molecule has 1 N–H and O–H groups in total. The highest BCUT2D eigenvalue weighted by Gasteiger charge is 2.03. The average Bonchev–Trinajstić information content (AvgIpc) is 2.26. The number of rotatable bonds is 4. The zero-order valence-corrected chi connectivity index (χ0v) is 9.20. The highest BCUT2D eigenvalue weighted by Crippen LogP contribution is 2.05. The van der Waals surface area contributed by atoms with E-state index in [0.29, 0.717) is 11.4 Å². The van der Waals surface area contributed by atoms with Crippen molar-refractivity contribution in [2.75, 3.05) is 14.2 Å². The topological polar surface area (TPSA) is 38.3 Å². The van der Waals surface area contributed by atoms with Crippen LogP contribution in [-0.2, 0) is 4.74 Å². The van der Waals surface area contributed by atoms with E-state index < -0.39 is 0 Å². The standard InChI is InChI=1S/C12H15NO2/c1-9-4-6-10(7-5-9)11(14)8-12(13-2)15-3/h4-8,13H,1-3H3/b12-8+. The SMILES string of the molecule is CN/C(=C\C(=O)c1ccc(C)cc1)OC. The lowest BCUT2D eigenvalue weighted by Gasteiger charge is -2.03. The van der Waals surface area contributed by atoms with Gasteiger partial charge in [-0.25, -0.2) is 0 Å². The molecule has 0 heterocycles. The second-order valence-electron chi connectivity index (χ2n) is 3.19. The first kappa shape index (κ1) is 11.3. The van der Waals surface area contributed by atoms with Crippen molar-refractivity contribution in [2.45, 2.75) is 6.92 Å². The molecule has 3 nitrogen and oxygen atoms in total. The summed E-state index contributed by atoms with van der Waals surface area (Å²) < 4.78 is 4.94. The van der Waals surface area contributed by atoms with Crippen molar-refractivity contribution >= 4 is 5.78 Å². The summed E-state index contributed by atoms with van der Waals surface area (Å²) in [7, 11) is 3.22. The maximum atomic E-state index is 11.7. The minimum atomic E-state index is -0.0683. The van der Waals surface area contributed by atoms with Gasteiger partial charge in [0.05, 0.1) is 7.11 Å². The molecule has 0 aliphatic heterocycles. The highest BCUT2D eigenvalue weighted by atomic mass is 16.5. The second kappa shape index (κ2) is 5.20. The van der Waals surface area contributed by atoms with Crippen molar-refractivity contribution in [1.82, 2.24) is 5.32 Å². The lowest BCUT2D eigenvalue weighted by molar-refractivity contribution is 0.104. The lowest BCUT2D eigenvalue weighted by Crippen LogP contribution is -2.10. The number of aryl methyl sites for hydroxylation is 1. The summed E-state index contributed by atoms with van der Waals surface area (Å²) in [6, 6.07) is 7.42. The summed E-state index contributed by atoms with van der Waals surface area (Å²) in [6.07, 6.45) is 1.44. The second-order valence-corrected chi connectivity index (χ2v) is 3.19. The van der Waals surface area contributed by atoms with Crippen LogP contribution in [0.5, 0.6) is 0 Å². The molecule has 15 heavy (non-hydrogen) atoms. The van der Waals surface area contributed by atoms with Gasteiger partial charge in [-0.3, -0.25) is 4.79 Å². The van der Waals surface area contributed by atoms with Gasteiger partial charge in [-0.1, -0.05) is 29.8 Å². The van der Waals surface area contributed by atoms with Gasteiger partial charge in [0, 0.05) is 18.7 Å². The fourth-order valence-corrected chi connectivity index (χ4v) is 1.15. The van der Waals surface area contributed by atoms with Gasteiger partial charge in [-0.15, -0.1) is 0 Å². The quantitative estimate of drug-likeness (QED) is 0.463. The first-order valence-electron chi connectivity index (χ1n) is 4.72. The van der Waals surface area contributed by atoms with E-state index in [2.05, 4.69) is 5.32 Å². The van der Waals surface area contributed by atoms with Crippen LogP contribution in [0.1, 0.15) is 15.9 Å². The lowest BCUT2D eigenvalue weighted by atomic mass is 10.1. The Hall–Kier alpha value is -1.77. The first-order valence-corrected chi connectivity index (χ1v) is 4.72. The molecule has 0 fully saturated rings. The fourth-order valence-electron chi connectivity index (χ4n) is 1.15. The normalized spacial score (nSPS) is 11.0. The van der Waals surface area contributed by atoms with Crippen LogP contribution in [0.25, 0.3) is 0 Å². The third-order valence-electron chi connectivity index (χ3n) is 2.06. The van der Waals surface area contributed by atoms with Crippen LogP contribution < -0.4 is 5.32 Å². The zero-order valence-electron chi connectivity index (χ0n) is 9.20. The molecule has 0 saturated carbocycles. The molecule has 0 aromatic heterocycles. The maximum Gasteiger partial charge on any atom is 0.191 e. The number of carbonyl (C=O) groups excluding carboxylic acids is 1. The minimum Gasteiger partial charge on any atom is -0.482 e. The van der Waals surface area contributed by atoms with Crippen LogP contribution in [0.15, 0.2) is 36.2 Å². The van der Waals surface area contributed by atoms with Gasteiger partial charge in [0.1, 0.15) is 0 Å². The van der Waals surface area contributed by atoms with E-state index >= 15 is 0 Å². The average molecular weight is 205 g/mol. The Morgan fingerprint density at radius 3 is 2.40 bits per heavy atom. The van der Waals surface area contributed by atoms with Crippen LogP contribution in [-0.4, -0.2) is 19.9 Å². The minimum absolute atomic E-state index is 0.0683. The van der Waals surface area contributed by atoms with Gasteiger partial charge in [0.15, 0.2) is 11.7 Å². The number of ketones is 1. The smallest absolute Gasteiger partial charge is 0.191 e. The summed E-state index contributed by atoms with van der Waals surface area (Å²) in [5.41, 5.74) is 1.79. The number of methoxy groups -OCH3 is 1. The fraction of sp³-hybridized carbons (Fsp3) is 0.250. The number of carbonyl (C=O) groups is 1. The van der Waals surface area contributed by atoms with Gasteiger partial charge < -0.3 is 10.1 Å². The molecular formula is C12H15NO2. The van der Waals surface area contributed by atoms with E-state index in [-0.39, 0.29) is 5.78 Å². The molecule has 0 radical (unpaired) electrons. The van der Waals surface area contributed by atoms with E-state index in [1.807, 2.05) is 19.1 Å². The number of benzene rings is 1. The van der Waals surface area contributed by atoms with E-state index in [1.165, 1.54) is 13.2 Å². The predicted molar refractivity (Wildman–Crippen MR) is 59.7 cm³/mol. The van der Waals surface area contributed by atoms with Gasteiger partial charge in [-0.05, 0) is 6.92 Å². The summed E-state index contributed by atoms with van der Waals surface area (Å²) >= 11 is 0. The van der Waals surface area contributed by atoms with Crippen LogP contribution in [0.3, 0.4) is 0 Å². The predicted octanol–water partition coefficient (Wildman–Crippen LogP) is 1.88. The number of hydrogen-bond donors (Lipinski definition) is 1. The van der Waals surface area contributed by atoms with E-state index in [4.69, 9.17) is 4.74 Å².